The van der Waals surface area contributed by atoms with E-state index in [0.717, 1.165) is 23.5 Å². The number of carbonyl (C=O) groups excluding carboxylic acids is 2. The number of ketones is 1. The summed E-state index contributed by atoms with van der Waals surface area (Å²) in [6.45, 7) is 4.37. The molecule has 1 aliphatic rings. The first-order valence-electron chi connectivity index (χ1n) is 11.8. The van der Waals surface area contributed by atoms with E-state index in [-0.39, 0.29) is 16.3 Å². The summed E-state index contributed by atoms with van der Waals surface area (Å²) in [7, 11) is 0. The summed E-state index contributed by atoms with van der Waals surface area (Å²) in [5.41, 5.74) is 0.868. The molecule has 0 saturated carbocycles. The van der Waals surface area contributed by atoms with E-state index in [1.165, 1.54) is 35.2 Å². The van der Waals surface area contributed by atoms with Gasteiger partial charge in [0.25, 0.3) is 5.78 Å². The minimum atomic E-state index is -1.10. The van der Waals surface area contributed by atoms with Crippen LogP contribution in [0.3, 0.4) is 0 Å². The first-order chi connectivity index (χ1) is 18.3. The third-order valence-electron chi connectivity index (χ3n) is 5.99. The summed E-state index contributed by atoms with van der Waals surface area (Å²) < 4.78 is 39.3. The van der Waals surface area contributed by atoms with Crippen molar-refractivity contribution in [3.05, 3.63) is 89.0 Å². The highest BCUT2D eigenvalue weighted by Crippen LogP contribution is 2.46. The van der Waals surface area contributed by atoms with Crippen molar-refractivity contribution in [2.45, 2.75) is 19.9 Å². The Morgan fingerprint density at radius 3 is 2.34 bits per heavy atom. The first-order valence-corrected chi connectivity index (χ1v) is 12.7. The Hall–Kier alpha value is -4.31. The van der Waals surface area contributed by atoms with Gasteiger partial charge < -0.3 is 14.6 Å². The molecule has 2 heterocycles. The molecule has 38 heavy (non-hydrogen) atoms. The minimum Gasteiger partial charge on any atom is -0.507 e. The SMILES string of the molecule is CCOc1ccc(C2/C(=C(\O)c3ccc(F)cc3)C(=O)C(=O)N2c2nc3ccc(F)cc3s2)cc1OCC. The summed E-state index contributed by atoms with van der Waals surface area (Å²) >= 11 is 1.04. The van der Waals surface area contributed by atoms with Gasteiger partial charge in [0.1, 0.15) is 17.4 Å². The van der Waals surface area contributed by atoms with Crippen LogP contribution < -0.4 is 14.4 Å². The van der Waals surface area contributed by atoms with Crippen molar-refractivity contribution in [1.82, 2.24) is 4.98 Å². The molecule has 1 saturated heterocycles. The number of nitrogens with zero attached hydrogens (tertiary/aromatic N) is 2. The van der Waals surface area contributed by atoms with Crippen molar-refractivity contribution < 1.29 is 33.0 Å². The number of aromatic nitrogens is 1. The molecule has 194 valence electrons. The van der Waals surface area contributed by atoms with Crippen LogP contribution in [0.15, 0.2) is 66.2 Å². The number of halogens is 2. The normalized spacial score (nSPS) is 16.8. The molecule has 4 aromatic rings. The molecular weight excluding hydrogens is 514 g/mol. The van der Waals surface area contributed by atoms with Gasteiger partial charge in [0, 0.05) is 5.56 Å². The van der Waals surface area contributed by atoms with Gasteiger partial charge in [0.2, 0.25) is 0 Å². The maximum atomic E-state index is 13.9. The maximum Gasteiger partial charge on any atom is 0.301 e. The fourth-order valence-corrected chi connectivity index (χ4v) is 5.35. The topological polar surface area (TPSA) is 89.0 Å². The van der Waals surface area contributed by atoms with E-state index in [9.17, 15) is 23.5 Å². The highest BCUT2D eigenvalue weighted by Gasteiger charge is 2.48. The fourth-order valence-electron chi connectivity index (χ4n) is 4.34. The van der Waals surface area contributed by atoms with Gasteiger partial charge in [-0.3, -0.25) is 14.5 Å². The van der Waals surface area contributed by atoms with Crippen LogP contribution in [0.2, 0.25) is 0 Å². The lowest BCUT2D eigenvalue weighted by Gasteiger charge is -2.24. The summed E-state index contributed by atoms with van der Waals surface area (Å²) in [6.07, 6.45) is 0. The second-order valence-corrected chi connectivity index (χ2v) is 9.37. The second kappa shape index (κ2) is 10.2. The van der Waals surface area contributed by atoms with Crippen LogP contribution in [0.5, 0.6) is 11.5 Å². The summed E-state index contributed by atoms with van der Waals surface area (Å²) in [4.78, 5) is 32.5. The summed E-state index contributed by atoms with van der Waals surface area (Å²) in [6, 6.07) is 12.8. The highest BCUT2D eigenvalue weighted by molar-refractivity contribution is 7.22. The van der Waals surface area contributed by atoms with Crippen molar-refractivity contribution in [2.75, 3.05) is 18.1 Å². The van der Waals surface area contributed by atoms with Crippen LogP contribution in [0.1, 0.15) is 31.0 Å². The third kappa shape index (κ3) is 4.47. The lowest BCUT2D eigenvalue weighted by Crippen LogP contribution is -2.29. The number of amides is 1. The van der Waals surface area contributed by atoms with Crippen molar-refractivity contribution in [1.29, 1.82) is 0 Å². The van der Waals surface area contributed by atoms with Gasteiger partial charge in [-0.25, -0.2) is 13.8 Å². The number of thiazole rings is 1. The maximum absolute atomic E-state index is 13.9. The van der Waals surface area contributed by atoms with E-state index >= 15 is 0 Å². The predicted octanol–water partition coefficient (Wildman–Crippen LogP) is 6.00. The molecule has 1 amide bonds. The average molecular weight is 537 g/mol. The number of benzene rings is 3. The lowest BCUT2D eigenvalue weighted by molar-refractivity contribution is -0.132. The molecule has 0 radical (unpaired) electrons. The Balaban J connectivity index is 1.73. The Morgan fingerprint density at radius 2 is 1.63 bits per heavy atom. The molecule has 1 fully saturated rings. The number of fused-ring (bicyclic) bond motifs is 1. The van der Waals surface area contributed by atoms with Crippen molar-refractivity contribution in [3.63, 3.8) is 0 Å². The van der Waals surface area contributed by atoms with Crippen LogP contribution in [0.25, 0.3) is 16.0 Å². The summed E-state index contributed by atoms with van der Waals surface area (Å²) in [5, 5.41) is 11.4. The Bertz CT molecular complexity index is 1580. The van der Waals surface area contributed by atoms with Crippen LogP contribution in [0, 0.1) is 11.6 Å². The number of ether oxygens (including phenoxy) is 2. The largest absolute Gasteiger partial charge is 0.507 e. The Kier molecular flexibility index (Phi) is 6.81. The van der Waals surface area contributed by atoms with E-state index in [2.05, 4.69) is 4.98 Å². The predicted molar refractivity (Wildman–Crippen MR) is 140 cm³/mol. The zero-order chi connectivity index (χ0) is 27.0. The third-order valence-corrected chi connectivity index (χ3v) is 7.01. The molecule has 1 atom stereocenters. The average Bonchev–Trinajstić information content (AvgIpc) is 3.43. The number of aliphatic hydroxyl groups excluding tert-OH is 1. The van der Waals surface area contributed by atoms with Crippen LogP contribution in [-0.2, 0) is 9.59 Å². The van der Waals surface area contributed by atoms with Gasteiger partial charge in [-0.15, -0.1) is 0 Å². The molecule has 3 aromatic carbocycles. The molecule has 1 unspecified atom stereocenters. The molecule has 10 heteroatoms. The molecule has 7 nitrogen and oxygen atoms in total. The number of hydrogen-bond acceptors (Lipinski definition) is 7. The molecule has 1 aromatic heterocycles. The van der Waals surface area contributed by atoms with Crippen LogP contribution in [0.4, 0.5) is 13.9 Å². The molecule has 1 aliphatic heterocycles. The highest BCUT2D eigenvalue weighted by atomic mass is 32.1. The first kappa shape index (κ1) is 25.3. The molecule has 1 N–H and O–H groups in total. The van der Waals surface area contributed by atoms with Crippen molar-refractivity contribution in [2.24, 2.45) is 0 Å². The standard InChI is InChI=1S/C28H22F2N2O5S/c1-3-36-20-12-7-16(13-21(20)37-4-2)24-23(25(33)15-5-8-17(29)9-6-15)26(34)27(35)32(24)28-31-19-11-10-18(30)14-22(19)38-28/h5-14,24,33H,3-4H2,1-2H3/b25-23+. The molecule has 5 rings (SSSR count). The number of carbonyl (C=O) groups is 2. The lowest BCUT2D eigenvalue weighted by atomic mass is 9.95. The second-order valence-electron chi connectivity index (χ2n) is 8.36. The van der Waals surface area contributed by atoms with Gasteiger partial charge in [-0.2, -0.15) is 0 Å². The monoisotopic (exact) mass is 536 g/mol. The van der Waals surface area contributed by atoms with E-state index in [0.29, 0.717) is 40.5 Å². The zero-order valence-electron chi connectivity index (χ0n) is 20.4. The van der Waals surface area contributed by atoms with Gasteiger partial charge in [-0.05, 0) is 74.0 Å². The number of rotatable bonds is 7. The van der Waals surface area contributed by atoms with E-state index in [1.807, 2.05) is 13.8 Å². The Labute approximate surface area is 220 Å². The molecule has 0 bridgehead atoms. The van der Waals surface area contributed by atoms with Crippen molar-refractivity contribution >= 4 is 44.1 Å². The zero-order valence-corrected chi connectivity index (χ0v) is 21.2. The van der Waals surface area contributed by atoms with Gasteiger partial charge in [0.05, 0.1) is 35.0 Å². The molecule has 0 aliphatic carbocycles. The molecular formula is C28H22F2N2O5S. The number of Topliss-reactive ketones (excluding diaryl/α,β-unsaturated/α-hetero) is 1. The quantitative estimate of drug-likeness (QED) is 0.177. The van der Waals surface area contributed by atoms with E-state index in [4.69, 9.17) is 9.47 Å². The Morgan fingerprint density at radius 1 is 0.947 bits per heavy atom. The van der Waals surface area contributed by atoms with E-state index < -0.39 is 35.1 Å². The van der Waals surface area contributed by atoms with Gasteiger partial charge >= 0.3 is 5.91 Å². The van der Waals surface area contributed by atoms with Crippen LogP contribution >= 0.6 is 11.3 Å². The smallest absolute Gasteiger partial charge is 0.301 e. The van der Waals surface area contributed by atoms with Crippen LogP contribution in [-0.4, -0.2) is 35.0 Å². The molecule has 0 spiro atoms. The van der Waals surface area contributed by atoms with Gasteiger partial charge in [0.15, 0.2) is 16.6 Å². The van der Waals surface area contributed by atoms with Crippen molar-refractivity contribution in [3.8, 4) is 11.5 Å². The minimum absolute atomic E-state index is 0.155. The van der Waals surface area contributed by atoms with Gasteiger partial charge in [-0.1, -0.05) is 17.4 Å². The number of anilines is 1. The number of aliphatic hydroxyl groups is 1. The number of hydrogen-bond donors (Lipinski definition) is 1. The van der Waals surface area contributed by atoms with E-state index in [1.54, 1.807) is 18.2 Å². The summed E-state index contributed by atoms with van der Waals surface area (Å²) in [5.74, 6) is -2.42. The fraction of sp³-hybridized carbons (Fsp3) is 0.179.